The predicted octanol–water partition coefficient (Wildman–Crippen LogP) is 2.21. The number of aromatic nitrogens is 2. The lowest BCUT2D eigenvalue weighted by atomic mass is 10.2. The van der Waals surface area contributed by atoms with E-state index in [-0.39, 0.29) is 5.69 Å². The monoisotopic (exact) mass is 206 g/mol. The smallest absolute Gasteiger partial charge is 0.325 e. The lowest BCUT2D eigenvalue weighted by molar-refractivity contribution is -0.141. The largest absolute Gasteiger partial charge is 0.391 e. The van der Waals surface area contributed by atoms with Gasteiger partial charge in [0.15, 0.2) is 6.29 Å². The van der Waals surface area contributed by atoms with Crippen LogP contribution in [0.15, 0.2) is 12.5 Å². The zero-order valence-corrected chi connectivity index (χ0v) is 7.45. The molecule has 3 nitrogen and oxygen atoms in total. The third-order valence-electron chi connectivity index (χ3n) is 1.82. The van der Waals surface area contributed by atoms with E-state index in [0.717, 1.165) is 0 Å². The van der Waals surface area contributed by atoms with Crippen LogP contribution in [0.4, 0.5) is 13.2 Å². The number of hydrogen-bond acceptors (Lipinski definition) is 2. The van der Waals surface area contributed by atoms with E-state index < -0.39 is 18.6 Å². The van der Waals surface area contributed by atoms with Gasteiger partial charge in [0, 0.05) is 6.04 Å². The molecule has 1 aromatic rings. The van der Waals surface area contributed by atoms with Gasteiger partial charge in [-0.2, -0.15) is 13.2 Å². The van der Waals surface area contributed by atoms with E-state index in [1.807, 2.05) is 0 Å². The topological polar surface area (TPSA) is 34.9 Å². The molecule has 0 saturated carbocycles. The maximum absolute atomic E-state index is 12.0. The zero-order valence-electron chi connectivity index (χ0n) is 7.45. The van der Waals surface area contributed by atoms with Crippen molar-refractivity contribution >= 4 is 6.29 Å². The Kier molecular flexibility index (Phi) is 2.93. The lowest BCUT2D eigenvalue weighted by Crippen LogP contribution is -2.17. The van der Waals surface area contributed by atoms with Gasteiger partial charge in [-0.3, -0.25) is 4.79 Å². The van der Waals surface area contributed by atoms with Gasteiger partial charge in [0.05, 0.1) is 18.9 Å². The second-order valence-electron chi connectivity index (χ2n) is 3.01. The molecule has 0 aliphatic carbocycles. The minimum atomic E-state index is -4.23. The van der Waals surface area contributed by atoms with E-state index in [0.29, 0.717) is 6.29 Å². The summed E-state index contributed by atoms with van der Waals surface area (Å²) in [4.78, 5) is 14.0. The van der Waals surface area contributed by atoms with E-state index in [2.05, 4.69) is 4.98 Å². The molecule has 1 atom stereocenters. The zero-order chi connectivity index (χ0) is 10.8. The second kappa shape index (κ2) is 3.81. The van der Waals surface area contributed by atoms with Crippen molar-refractivity contribution in [3.8, 4) is 0 Å². The highest BCUT2D eigenvalue weighted by Gasteiger charge is 2.31. The van der Waals surface area contributed by atoms with Crippen molar-refractivity contribution in [3.63, 3.8) is 0 Å². The minimum Gasteiger partial charge on any atom is -0.325 e. The van der Waals surface area contributed by atoms with E-state index in [9.17, 15) is 18.0 Å². The molecular weight excluding hydrogens is 197 g/mol. The van der Waals surface area contributed by atoms with E-state index in [1.165, 1.54) is 24.0 Å². The van der Waals surface area contributed by atoms with Gasteiger partial charge in [0.25, 0.3) is 0 Å². The number of nitrogens with zero attached hydrogens (tertiary/aromatic N) is 2. The summed E-state index contributed by atoms with van der Waals surface area (Å²) in [5.41, 5.74) is 0.154. The summed E-state index contributed by atoms with van der Waals surface area (Å²) in [5.74, 6) is 0. The number of alkyl halides is 3. The molecule has 1 rings (SSSR count). The first-order valence-corrected chi connectivity index (χ1v) is 3.98. The fraction of sp³-hybridized carbons (Fsp3) is 0.500. The molecule has 78 valence electrons. The summed E-state index contributed by atoms with van der Waals surface area (Å²) < 4.78 is 37.2. The summed E-state index contributed by atoms with van der Waals surface area (Å²) in [7, 11) is 0. The van der Waals surface area contributed by atoms with Crippen LogP contribution >= 0.6 is 0 Å². The number of imidazole rings is 1. The highest BCUT2D eigenvalue weighted by Crippen LogP contribution is 2.27. The predicted molar refractivity (Wildman–Crippen MR) is 43.0 cm³/mol. The number of hydrogen-bond donors (Lipinski definition) is 0. The van der Waals surface area contributed by atoms with Crippen LogP contribution in [0.5, 0.6) is 0 Å². The fourth-order valence-corrected chi connectivity index (χ4v) is 1.21. The normalized spacial score (nSPS) is 14.0. The maximum Gasteiger partial charge on any atom is 0.391 e. The number of carbonyl (C=O) groups is 1. The summed E-state index contributed by atoms with van der Waals surface area (Å²) in [6, 6.07) is -0.808. The van der Waals surface area contributed by atoms with Gasteiger partial charge in [-0.15, -0.1) is 0 Å². The molecule has 1 heterocycles. The molecular formula is C8H9F3N2O. The van der Waals surface area contributed by atoms with E-state index >= 15 is 0 Å². The Morgan fingerprint density at radius 2 is 2.29 bits per heavy atom. The summed E-state index contributed by atoms with van der Waals surface area (Å²) >= 11 is 0. The SMILES string of the molecule is CC(CC(F)(F)F)n1cncc1C=O. The molecule has 1 aromatic heterocycles. The van der Waals surface area contributed by atoms with Crippen molar-refractivity contribution < 1.29 is 18.0 Å². The van der Waals surface area contributed by atoms with Crippen molar-refractivity contribution in [2.75, 3.05) is 0 Å². The van der Waals surface area contributed by atoms with E-state index in [4.69, 9.17) is 0 Å². The molecule has 0 aromatic carbocycles. The molecule has 0 radical (unpaired) electrons. The van der Waals surface area contributed by atoms with Crippen molar-refractivity contribution in [1.29, 1.82) is 0 Å². The number of halogens is 3. The molecule has 0 spiro atoms. The molecule has 0 amide bonds. The first-order valence-electron chi connectivity index (χ1n) is 3.98. The van der Waals surface area contributed by atoms with Crippen LogP contribution in [-0.2, 0) is 0 Å². The molecule has 14 heavy (non-hydrogen) atoms. The molecule has 6 heteroatoms. The Bertz CT molecular complexity index is 319. The number of aldehydes is 1. The first kappa shape index (κ1) is 10.7. The van der Waals surface area contributed by atoms with Gasteiger partial charge >= 0.3 is 6.18 Å². The lowest BCUT2D eigenvalue weighted by Gasteiger charge is -2.16. The van der Waals surface area contributed by atoms with Crippen LogP contribution in [0.3, 0.4) is 0 Å². The van der Waals surface area contributed by atoms with Gasteiger partial charge in [0.2, 0.25) is 0 Å². The fourth-order valence-electron chi connectivity index (χ4n) is 1.21. The second-order valence-corrected chi connectivity index (χ2v) is 3.01. The highest BCUT2D eigenvalue weighted by molar-refractivity contribution is 5.71. The van der Waals surface area contributed by atoms with Crippen molar-refractivity contribution in [2.24, 2.45) is 0 Å². The average molecular weight is 206 g/mol. The molecule has 0 saturated heterocycles. The Morgan fingerprint density at radius 3 is 2.79 bits per heavy atom. The Hall–Kier alpha value is -1.33. The third-order valence-corrected chi connectivity index (χ3v) is 1.82. The molecule has 0 bridgehead atoms. The summed E-state index contributed by atoms with van der Waals surface area (Å²) in [6.45, 7) is 1.39. The van der Waals surface area contributed by atoms with Crippen LogP contribution in [0.1, 0.15) is 29.9 Å². The van der Waals surface area contributed by atoms with Crippen LogP contribution in [0, 0.1) is 0 Å². The van der Waals surface area contributed by atoms with Crippen LogP contribution in [0.25, 0.3) is 0 Å². The van der Waals surface area contributed by atoms with Gasteiger partial charge in [-0.05, 0) is 6.92 Å². The quantitative estimate of drug-likeness (QED) is 0.710. The highest BCUT2D eigenvalue weighted by atomic mass is 19.4. The summed E-state index contributed by atoms with van der Waals surface area (Å²) in [5, 5.41) is 0. The Labute approximate surface area is 78.6 Å². The minimum absolute atomic E-state index is 0.154. The van der Waals surface area contributed by atoms with Gasteiger partial charge < -0.3 is 4.57 Å². The van der Waals surface area contributed by atoms with Crippen molar-refractivity contribution in [3.05, 3.63) is 18.2 Å². The van der Waals surface area contributed by atoms with Crippen LogP contribution in [0.2, 0.25) is 0 Å². The van der Waals surface area contributed by atoms with Gasteiger partial charge in [-0.25, -0.2) is 4.98 Å². The number of rotatable bonds is 3. The molecule has 1 unspecified atom stereocenters. The maximum atomic E-state index is 12.0. The van der Waals surface area contributed by atoms with Gasteiger partial charge in [0.1, 0.15) is 5.69 Å². The van der Waals surface area contributed by atoms with Crippen LogP contribution < -0.4 is 0 Å². The van der Waals surface area contributed by atoms with E-state index in [1.54, 1.807) is 0 Å². The standard InChI is InChI=1S/C8H9F3N2O/c1-6(2-8(9,10)11)13-5-12-3-7(13)4-14/h3-6H,2H2,1H3. The average Bonchev–Trinajstić information content (AvgIpc) is 2.47. The molecule has 0 aliphatic rings. The summed E-state index contributed by atoms with van der Waals surface area (Å²) in [6.07, 6.45) is -2.26. The molecule has 0 fully saturated rings. The first-order chi connectivity index (χ1) is 6.44. The van der Waals surface area contributed by atoms with Crippen molar-refractivity contribution in [2.45, 2.75) is 25.6 Å². The van der Waals surface area contributed by atoms with Crippen LogP contribution in [-0.4, -0.2) is 22.0 Å². The Balaban J connectivity index is 2.79. The van der Waals surface area contributed by atoms with Crippen molar-refractivity contribution in [1.82, 2.24) is 9.55 Å². The number of carbonyl (C=O) groups excluding carboxylic acids is 1. The third kappa shape index (κ3) is 2.58. The van der Waals surface area contributed by atoms with Gasteiger partial charge in [-0.1, -0.05) is 0 Å². The molecule has 0 aliphatic heterocycles. The molecule has 0 N–H and O–H groups in total. The Morgan fingerprint density at radius 1 is 1.64 bits per heavy atom.